The Balaban J connectivity index is 0.000000114. The molecule has 22 aromatic rings. The first-order valence-electron chi connectivity index (χ1n) is 34.4. The number of aromatic amines is 1. The van der Waals surface area contributed by atoms with Gasteiger partial charge >= 0.3 is 0 Å². The van der Waals surface area contributed by atoms with Gasteiger partial charge in [-0.1, -0.05) is 242 Å². The molecule has 0 radical (unpaired) electrons. The van der Waals surface area contributed by atoms with Gasteiger partial charge in [0, 0.05) is 109 Å². The normalized spacial score (nSPS) is 11.7. The summed E-state index contributed by atoms with van der Waals surface area (Å²) < 4.78 is 19.7. The molecule has 0 unspecified atom stereocenters. The molecule has 0 spiro atoms. The van der Waals surface area contributed by atoms with Gasteiger partial charge in [-0.15, -0.1) is 0 Å². The van der Waals surface area contributed by atoms with Gasteiger partial charge < -0.3 is 27.5 Å². The number of aromatic nitrogens is 8. The average molecular weight is 1340 g/mol. The van der Waals surface area contributed by atoms with E-state index in [2.05, 4.69) is 231 Å². The molecule has 0 atom stereocenters. The Labute approximate surface area is 593 Å². The number of rotatable bonds is 7. The third-order valence-corrected chi connectivity index (χ3v) is 20.1. The van der Waals surface area contributed by atoms with Crippen LogP contribution in [0.5, 0.6) is 0 Å². The molecule has 0 fully saturated rings. The quantitative estimate of drug-likeness (QED) is 0.170. The molecule has 0 aliphatic heterocycles. The van der Waals surface area contributed by atoms with Crippen LogP contribution in [-0.4, -0.2) is 38.6 Å². The molecular weight excluding hydrogens is 1280 g/mol. The fraction of sp³-hybridized carbons (Fsp3) is 0. The third-order valence-electron chi connectivity index (χ3n) is 19.8. The van der Waals surface area contributed by atoms with E-state index >= 15 is 0 Å². The van der Waals surface area contributed by atoms with E-state index in [1.807, 2.05) is 127 Å². The minimum Gasteiger partial charge on any atom is -0.452 e. The largest absolute Gasteiger partial charge is 0.452 e. The summed E-state index contributed by atoms with van der Waals surface area (Å²) in [5.41, 5.74) is 23.0. The zero-order valence-corrected chi connectivity index (χ0v) is 55.9. The van der Waals surface area contributed by atoms with Crippen LogP contribution in [0.2, 0.25) is 5.02 Å². The van der Waals surface area contributed by atoms with Crippen LogP contribution in [0.4, 0.5) is 0 Å². The molecule has 0 saturated heterocycles. The van der Waals surface area contributed by atoms with E-state index in [0.717, 1.165) is 89.0 Å². The highest BCUT2D eigenvalue weighted by molar-refractivity contribution is 6.31. The number of H-pyrrole nitrogens is 1. The van der Waals surface area contributed by atoms with Gasteiger partial charge in [0.15, 0.2) is 22.8 Å². The van der Waals surface area contributed by atoms with Gasteiger partial charge in [0.2, 0.25) is 0 Å². The van der Waals surface area contributed by atoms with Gasteiger partial charge in [0.1, 0.15) is 33.6 Å². The first-order valence-corrected chi connectivity index (χ1v) is 34.8. The van der Waals surface area contributed by atoms with Gasteiger partial charge in [0.25, 0.3) is 0 Å². The van der Waals surface area contributed by atoms with Crippen LogP contribution in [0.15, 0.2) is 349 Å². The van der Waals surface area contributed by atoms with Crippen LogP contribution in [0.25, 0.3) is 194 Å². The summed E-state index contributed by atoms with van der Waals surface area (Å²) in [5, 5.41) is 12.7. The molecule has 8 aromatic heterocycles. The summed E-state index contributed by atoms with van der Waals surface area (Å²) in [4.78, 5) is 23.3. The highest BCUT2D eigenvalue weighted by atomic mass is 35.5. The number of hydrogen-bond acceptors (Lipinski definition) is 6. The van der Waals surface area contributed by atoms with Crippen LogP contribution in [0.1, 0.15) is 0 Å². The molecule has 10 nitrogen and oxygen atoms in total. The summed E-state index contributed by atoms with van der Waals surface area (Å²) in [6.07, 6.45) is 0. The summed E-state index contributed by atoms with van der Waals surface area (Å²) >= 11 is 6.05. The molecule has 0 aliphatic carbocycles. The molecule has 484 valence electrons. The number of halogens is 1. The van der Waals surface area contributed by atoms with E-state index in [4.69, 9.17) is 40.4 Å². The highest BCUT2D eigenvalue weighted by Gasteiger charge is 2.24. The molecule has 11 heteroatoms. The Morgan fingerprint density at radius 2 is 0.660 bits per heavy atom. The number of hydrogen-bond donors (Lipinski definition) is 1. The van der Waals surface area contributed by atoms with E-state index in [-0.39, 0.29) is 0 Å². The van der Waals surface area contributed by atoms with Crippen LogP contribution in [-0.2, 0) is 0 Å². The van der Waals surface area contributed by atoms with Crippen LogP contribution >= 0.6 is 11.6 Å². The van der Waals surface area contributed by atoms with Gasteiger partial charge in [-0.3, -0.25) is 0 Å². The first-order chi connectivity index (χ1) is 51.0. The van der Waals surface area contributed by atoms with E-state index in [1.165, 1.54) is 81.9 Å². The van der Waals surface area contributed by atoms with Crippen molar-refractivity contribution in [3.8, 4) is 62.4 Å². The Kier molecular flexibility index (Phi) is 14.0. The zero-order chi connectivity index (χ0) is 68.1. The monoisotopic (exact) mass is 1340 g/mol. The average Bonchev–Trinajstić information content (AvgIpc) is 1.58. The van der Waals surface area contributed by atoms with Crippen molar-refractivity contribution >= 4 is 143 Å². The van der Waals surface area contributed by atoms with E-state index in [9.17, 15) is 0 Å². The first kappa shape index (κ1) is 59.4. The number of fused-ring (bicyclic) bond motifs is 20. The minimum atomic E-state index is 0.675. The lowest BCUT2D eigenvalue weighted by molar-refractivity contribution is 0.667. The van der Waals surface area contributed by atoms with Crippen molar-refractivity contribution in [3.05, 3.63) is 345 Å². The number of benzene rings is 14. The summed E-state index contributed by atoms with van der Waals surface area (Å²) in [7, 11) is 0. The van der Waals surface area contributed by atoms with Crippen molar-refractivity contribution in [3.63, 3.8) is 0 Å². The van der Waals surface area contributed by atoms with Crippen molar-refractivity contribution < 1.29 is 8.83 Å². The second-order valence-corrected chi connectivity index (χ2v) is 26.2. The number of furan rings is 2. The van der Waals surface area contributed by atoms with Gasteiger partial charge in [0.05, 0.1) is 33.1 Å². The topological polar surface area (TPSA) is 108 Å². The predicted molar refractivity (Wildman–Crippen MR) is 424 cm³/mol. The Hall–Kier alpha value is -13.7. The fourth-order valence-electron chi connectivity index (χ4n) is 15.2. The van der Waals surface area contributed by atoms with Crippen molar-refractivity contribution in [1.82, 2.24) is 38.6 Å². The predicted octanol–water partition coefficient (Wildman–Crippen LogP) is 24.7. The standard InChI is InChI=1S/C46H28N4O.C24H16N2.C22H13ClN2O/c1-3-13-30(14-4-1)46-47-42(45-43(48-46)36-19-9-12-22-40(36)51-45)29-23-25-32(26-24-29)49-38-21-11-8-18-35(38)41-39(49)28-27-34-33-17-7-10-20-37(33)50(44(34)41)31-15-5-2-6-16-31;1-2-8-16(9-3-1)26-22-13-7-5-10-17(22)18-14-15-21-23(24(18)26)19-11-4-6-12-20(19)25-21;23-16-12-10-14(11-13-16)19-21-20(17-8-4-5-9-18(17)26-21)25-22(24-19)15-6-2-1-3-7-15/h1-28H;1-15,25H;1-13H. The maximum atomic E-state index is 6.43. The number of nitrogens with one attached hydrogen (secondary N) is 1. The summed E-state index contributed by atoms with van der Waals surface area (Å²) in [6, 6.07) is 117. The molecular formula is C92H57ClN8O2. The second-order valence-electron chi connectivity index (χ2n) is 25.8. The number of nitrogens with zero attached hydrogens (tertiary/aromatic N) is 7. The van der Waals surface area contributed by atoms with Crippen LogP contribution < -0.4 is 0 Å². The highest BCUT2D eigenvalue weighted by Crippen LogP contribution is 2.45. The molecule has 0 amide bonds. The van der Waals surface area contributed by atoms with Crippen molar-refractivity contribution in [2.24, 2.45) is 0 Å². The number of para-hydroxylation sites is 8. The maximum absolute atomic E-state index is 6.43. The lowest BCUT2D eigenvalue weighted by Gasteiger charge is -2.11. The molecule has 103 heavy (non-hydrogen) atoms. The molecule has 22 rings (SSSR count). The lowest BCUT2D eigenvalue weighted by atomic mass is 10.1. The van der Waals surface area contributed by atoms with Gasteiger partial charge in [-0.25, -0.2) is 19.9 Å². The summed E-state index contributed by atoms with van der Waals surface area (Å²) in [6.45, 7) is 0. The molecule has 0 saturated carbocycles. The van der Waals surface area contributed by atoms with E-state index in [0.29, 0.717) is 27.8 Å². The summed E-state index contributed by atoms with van der Waals surface area (Å²) in [5.74, 6) is 1.35. The lowest BCUT2D eigenvalue weighted by Crippen LogP contribution is -1.96. The van der Waals surface area contributed by atoms with E-state index in [1.54, 1.807) is 0 Å². The molecule has 14 aromatic carbocycles. The Morgan fingerprint density at radius 3 is 1.18 bits per heavy atom. The van der Waals surface area contributed by atoms with Crippen LogP contribution in [0.3, 0.4) is 0 Å². The minimum absolute atomic E-state index is 0.675. The molecule has 0 bridgehead atoms. The third kappa shape index (κ3) is 9.86. The zero-order valence-electron chi connectivity index (χ0n) is 55.2. The molecule has 0 aliphatic rings. The molecule has 8 heterocycles. The Bertz CT molecular complexity index is 7040. The Morgan fingerprint density at radius 1 is 0.262 bits per heavy atom. The SMILES string of the molecule is Clc1ccc(-c2nc(-c3ccccc3)nc3c2oc2ccccc23)cc1.c1ccc(-c2nc(-c3ccc(-n4c5ccccc5c5c4ccc4c6ccccc6n(-c6ccccc6)c45)cc3)c3oc4ccccc4c3n2)cc1.c1ccc(-n2c3ccccc3c3ccc4[nH]c5ccccc5c4c32)cc1. The van der Waals surface area contributed by atoms with Crippen molar-refractivity contribution in [2.75, 3.05) is 0 Å². The van der Waals surface area contributed by atoms with Crippen molar-refractivity contribution in [2.45, 2.75) is 0 Å². The maximum Gasteiger partial charge on any atom is 0.180 e. The molecule has 1 N–H and O–H groups in total. The van der Waals surface area contributed by atoms with E-state index < -0.39 is 0 Å². The van der Waals surface area contributed by atoms with Gasteiger partial charge in [-0.2, -0.15) is 0 Å². The second kappa shape index (κ2) is 24.3. The van der Waals surface area contributed by atoms with Crippen LogP contribution in [0, 0.1) is 0 Å². The fourth-order valence-corrected chi connectivity index (χ4v) is 15.4. The smallest absolute Gasteiger partial charge is 0.180 e. The van der Waals surface area contributed by atoms with Crippen molar-refractivity contribution in [1.29, 1.82) is 0 Å². The van der Waals surface area contributed by atoms with Gasteiger partial charge in [-0.05, 0) is 109 Å².